The summed E-state index contributed by atoms with van der Waals surface area (Å²) in [5, 5.41) is 9.47. The van der Waals surface area contributed by atoms with Crippen LogP contribution in [0.3, 0.4) is 0 Å². The van der Waals surface area contributed by atoms with E-state index in [1.54, 1.807) is 6.21 Å². The summed E-state index contributed by atoms with van der Waals surface area (Å²) in [6.45, 7) is 9.44. The Morgan fingerprint density at radius 3 is 2.48 bits per heavy atom. The molecule has 0 aliphatic carbocycles. The first kappa shape index (κ1) is 28.2. The number of nitrogens with one attached hydrogen (secondary N) is 2. The van der Waals surface area contributed by atoms with Gasteiger partial charge in [0, 0.05) is 18.2 Å². The van der Waals surface area contributed by atoms with E-state index in [1.807, 2.05) is 61.7 Å². The fourth-order valence-corrected chi connectivity index (χ4v) is 6.60. The van der Waals surface area contributed by atoms with Gasteiger partial charge in [-0.25, -0.2) is 5.43 Å². The van der Waals surface area contributed by atoms with Crippen LogP contribution < -0.4 is 10.7 Å². The number of hydrogen-bond donors (Lipinski definition) is 2. The molecule has 0 radical (unpaired) electrons. The molecule has 2 fully saturated rings. The summed E-state index contributed by atoms with van der Waals surface area (Å²) in [5.41, 5.74) is 7.62. The molecule has 2 aliphatic rings. The first-order valence-electron chi connectivity index (χ1n) is 14.3. The number of amides is 2. The fraction of sp³-hybridized carbons (Fsp3) is 0.406. The third-order valence-electron chi connectivity index (χ3n) is 7.95. The molecule has 2 aliphatic heterocycles. The van der Waals surface area contributed by atoms with Crippen LogP contribution in [0.4, 0.5) is 5.00 Å². The lowest BCUT2D eigenvalue weighted by atomic mass is 9.99. The number of hydrogen-bond acceptors (Lipinski definition) is 6. The molecule has 8 heteroatoms. The van der Waals surface area contributed by atoms with Gasteiger partial charge in [0.15, 0.2) is 0 Å². The molecule has 2 saturated heterocycles. The van der Waals surface area contributed by atoms with Gasteiger partial charge in [-0.05, 0) is 99.9 Å². The number of carbonyl (C=O) groups is 2. The van der Waals surface area contributed by atoms with Crippen LogP contribution in [0.15, 0.2) is 59.0 Å². The number of thiophene rings is 1. The molecular formula is C32H39N5O2S. The Morgan fingerprint density at radius 1 is 0.975 bits per heavy atom. The normalized spacial score (nSPS) is 17.2. The van der Waals surface area contributed by atoms with Crippen LogP contribution in [0.2, 0.25) is 0 Å². The first-order valence-corrected chi connectivity index (χ1v) is 15.2. The highest BCUT2D eigenvalue weighted by Gasteiger charge is 2.25. The van der Waals surface area contributed by atoms with Crippen molar-refractivity contribution in [1.82, 2.24) is 15.2 Å². The fourth-order valence-electron chi connectivity index (χ4n) is 5.66. The topological polar surface area (TPSA) is 77.0 Å². The van der Waals surface area contributed by atoms with Crippen molar-refractivity contribution in [3.8, 4) is 0 Å². The molecule has 2 aromatic carbocycles. The second-order valence-corrected chi connectivity index (χ2v) is 11.9. The maximum atomic E-state index is 13.2. The van der Waals surface area contributed by atoms with E-state index >= 15 is 0 Å². The molecule has 40 heavy (non-hydrogen) atoms. The zero-order valence-electron chi connectivity index (χ0n) is 23.5. The van der Waals surface area contributed by atoms with E-state index in [0.717, 1.165) is 47.9 Å². The number of carbonyl (C=O) groups excluding carboxylic acids is 2. The molecule has 210 valence electrons. The van der Waals surface area contributed by atoms with Crippen molar-refractivity contribution >= 4 is 34.4 Å². The molecule has 0 bridgehead atoms. The molecule has 1 aromatic heterocycles. The van der Waals surface area contributed by atoms with Crippen LogP contribution in [-0.2, 0) is 6.54 Å². The predicted octanol–water partition coefficient (Wildman–Crippen LogP) is 5.83. The van der Waals surface area contributed by atoms with Crippen LogP contribution in [0.1, 0.15) is 75.1 Å². The number of rotatable bonds is 8. The molecule has 7 nitrogen and oxygen atoms in total. The standard InChI is InChI=1S/C32H39N5O2S/c1-23-9-11-25(12-10-23)20-33-35-31(39)29-24(2)22-40-32(29)34-30(38)27-8-6-7-26(19-27)21-36-17-13-28(14-18-36)37-15-4-3-5-16-37/h6-12,19-20,22,28H,3-5,13-18,21H2,1-2H3,(H,34,38)(H,35,39)/b33-20+. The molecule has 0 spiro atoms. The zero-order valence-corrected chi connectivity index (χ0v) is 24.3. The Bertz CT molecular complexity index is 1340. The second kappa shape index (κ2) is 13.4. The van der Waals surface area contributed by atoms with Gasteiger partial charge in [-0.15, -0.1) is 11.3 Å². The number of likely N-dealkylation sites (tertiary alicyclic amines) is 2. The number of benzene rings is 2. The third kappa shape index (κ3) is 7.24. The van der Waals surface area contributed by atoms with Gasteiger partial charge in [0.25, 0.3) is 11.8 Å². The lowest BCUT2D eigenvalue weighted by Crippen LogP contribution is -2.46. The van der Waals surface area contributed by atoms with E-state index in [9.17, 15) is 9.59 Å². The van der Waals surface area contributed by atoms with Gasteiger partial charge in [0.1, 0.15) is 5.00 Å². The molecule has 2 N–H and O–H groups in total. The summed E-state index contributed by atoms with van der Waals surface area (Å²) in [4.78, 5) is 31.3. The summed E-state index contributed by atoms with van der Waals surface area (Å²) in [6.07, 6.45) is 8.11. The Hall–Kier alpha value is -3.33. The lowest BCUT2D eigenvalue weighted by molar-refractivity contribution is 0.0896. The maximum absolute atomic E-state index is 13.2. The average molecular weight is 558 g/mol. The molecule has 2 amide bonds. The third-order valence-corrected chi connectivity index (χ3v) is 8.96. The SMILES string of the molecule is Cc1ccc(/C=N/NC(=O)c2c(C)csc2NC(=O)c2cccc(CN3CCC(N4CCCCC4)CC3)c2)cc1. The van der Waals surface area contributed by atoms with Crippen molar-refractivity contribution in [3.63, 3.8) is 0 Å². The summed E-state index contributed by atoms with van der Waals surface area (Å²) in [7, 11) is 0. The molecular weight excluding hydrogens is 518 g/mol. The first-order chi connectivity index (χ1) is 19.5. The Balaban J connectivity index is 1.17. The summed E-state index contributed by atoms with van der Waals surface area (Å²) < 4.78 is 0. The van der Waals surface area contributed by atoms with Gasteiger partial charge in [-0.1, -0.05) is 48.4 Å². The van der Waals surface area contributed by atoms with Crippen molar-refractivity contribution in [2.45, 2.75) is 58.5 Å². The Morgan fingerprint density at radius 2 is 1.73 bits per heavy atom. The number of nitrogens with zero attached hydrogens (tertiary/aromatic N) is 3. The minimum absolute atomic E-state index is 0.218. The van der Waals surface area contributed by atoms with Crippen molar-refractivity contribution in [2.24, 2.45) is 5.10 Å². The summed E-state index contributed by atoms with van der Waals surface area (Å²) in [5.74, 6) is -0.566. The lowest BCUT2D eigenvalue weighted by Gasteiger charge is -2.40. The highest BCUT2D eigenvalue weighted by atomic mass is 32.1. The quantitative estimate of drug-likeness (QED) is 0.270. The minimum atomic E-state index is -0.348. The van der Waals surface area contributed by atoms with Crippen molar-refractivity contribution in [2.75, 3.05) is 31.5 Å². The van der Waals surface area contributed by atoms with Gasteiger partial charge < -0.3 is 10.2 Å². The van der Waals surface area contributed by atoms with Crippen LogP contribution in [0, 0.1) is 13.8 Å². The summed E-state index contributed by atoms with van der Waals surface area (Å²) in [6, 6.07) is 16.4. The summed E-state index contributed by atoms with van der Waals surface area (Å²) >= 11 is 1.35. The van der Waals surface area contributed by atoms with Gasteiger partial charge in [-0.3, -0.25) is 14.5 Å². The van der Waals surface area contributed by atoms with E-state index in [2.05, 4.69) is 31.7 Å². The minimum Gasteiger partial charge on any atom is -0.313 e. The Kier molecular flexibility index (Phi) is 9.41. The number of piperidine rings is 2. The number of hydrazone groups is 1. The molecule has 3 heterocycles. The van der Waals surface area contributed by atoms with Crippen molar-refractivity contribution in [3.05, 3.63) is 87.3 Å². The van der Waals surface area contributed by atoms with E-state index < -0.39 is 0 Å². The van der Waals surface area contributed by atoms with Gasteiger partial charge in [0.2, 0.25) is 0 Å². The second-order valence-electron chi connectivity index (χ2n) is 11.0. The molecule has 0 unspecified atom stereocenters. The molecule has 0 saturated carbocycles. The highest BCUT2D eigenvalue weighted by Crippen LogP contribution is 2.28. The van der Waals surface area contributed by atoms with Crippen LogP contribution in [0.5, 0.6) is 0 Å². The number of aryl methyl sites for hydroxylation is 2. The highest BCUT2D eigenvalue weighted by molar-refractivity contribution is 7.15. The van der Waals surface area contributed by atoms with Crippen LogP contribution in [-0.4, -0.2) is 60.0 Å². The van der Waals surface area contributed by atoms with E-state index in [4.69, 9.17) is 0 Å². The van der Waals surface area contributed by atoms with Gasteiger partial charge >= 0.3 is 0 Å². The molecule has 0 atom stereocenters. The largest absolute Gasteiger partial charge is 0.313 e. The van der Waals surface area contributed by atoms with Gasteiger partial charge in [0.05, 0.1) is 11.8 Å². The van der Waals surface area contributed by atoms with E-state index in [0.29, 0.717) is 16.1 Å². The van der Waals surface area contributed by atoms with Crippen LogP contribution >= 0.6 is 11.3 Å². The number of anilines is 1. The van der Waals surface area contributed by atoms with Crippen molar-refractivity contribution in [1.29, 1.82) is 0 Å². The zero-order chi connectivity index (χ0) is 27.9. The monoisotopic (exact) mass is 557 g/mol. The van der Waals surface area contributed by atoms with Gasteiger partial charge in [-0.2, -0.15) is 5.10 Å². The Labute approximate surface area is 241 Å². The molecule has 3 aromatic rings. The van der Waals surface area contributed by atoms with Crippen molar-refractivity contribution < 1.29 is 9.59 Å². The van der Waals surface area contributed by atoms with E-state index in [1.165, 1.54) is 56.5 Å². The average Bonchev–Trinajstić information content (AvgIpc) is 3.34. The maximum Gasteiger partial charge on any atom is 0.274 e. The smallest absolute Gasteiger partial charge is 0.274 e. The van der Waals surface area contributed by atoms with E-state index in [-0.39, 0.29) is 11.8 Å². The molecule has 5 rings (SSSR count). The van der Waals surface area contributed by atoms with Crippen LogP contribution in [0.25, 0.3) is 0 Å². The predicted molar refractivity (Wildman–Crippen MR) is 163 cm³/mol.